The highest BCUT2D eigenvalue weighted by Gasteiger charge is 2.00. The van der Waals surface area contributed by atoms with Crippen LogP contribution in [0.4, 0.5) is 0 Å². The minimum atomic E-state index is 0.0113. The molecule has 0 bridgehead atoms. The summed E-state index contributed by atoms with van der Waals surface area (Å²) in [4.78, 5) is 0. The molecule has 5 N–H and O–H groups in total. The lowest BCUT2D eigenvalue weighted by Gasteiger charge is -2.04. The van der Waals surface area contributed by atoms with Crippen LogP contribution in [0.2, 0.25) is 10.0 Å². The van der Waals surface area contributed by atoms with Crippen LogP contribution in [0.25, 0.3) is 0 Å². The average molecular weight is 247 g/mol. The van der Waals surface area contributed by atoms with Gasteiger partial charge in [-0.15, -0.1) is 5.10 Å². The highest BCUT2D eigenvalue weighted by molar-refractivity contribution is 6.35. The van der Waals surface area contributed by atoms with E-state index in [-0.39, 0.29) is 5.96 Å². The van der Waals surface area contributed by atoms with Gasteiger partial charge in [-0.2, -0.15) is 0 Å². The number of nitrogens with two attached hydrogens (primary N) is 2. The van der Waals surface area contributed by atoms with Crippen molar-refractivity contribution in [2.24, 2.45) is 16.6 Å². The number of hydrogen-bond donors (Lipinski definition) is 3. The first-order valence-electron chi connectivity index (χ1n) is 4.35. The molecule has 0 unspecified atom stereocenters. The van der Waals surface area contributed by atoms with Gasteiger partial charge in [0.2, 0.25) is 5.96 Å². The van der Waals surface area contributed by atoms with Gasteiger partial charge in [-0.3, -0.25) is 0 Å². The molecule has 1 rings (SSSR count). The summed E-state index contributed by atoms with van der Waals surface area (Å²) in [6.45, 7) is 0.610. The summed E-state index contributed by atoms with van der Waals surface area (Å²) < 4.78 is 0. The van der Waals surface area contributed by atoms with Gasteiger partial charge >= 0.3 is 0 Å². The Morgan fingerprint density at radius 2 is 2.07 bits per heavy atom. The molecule has 4 nitrogen and oxygen atoms in total. The van der Waals surface area contributed by atoms with E-state index >= 15 is 0 Å². The molecule has 0 aliphatic rings. The number of halogens is 2. The van der Waals surface area contributed by atoms with Crippen molar-refractivity contribution in [3.05, 3.63) is 33.8 Å². The van der Waals surface area contributed by atoms with Gasteiger partial charge in [0.05, 0.1) is 0 Å². The van der Waals surface area contributed by atoms with E-state index in [2.05, 4.69) is 10.5 Å². The lowest BCUT2D eigenvalue weighted by molar-refractivity contribution is 0.728. The summed E-state index contributed by atoms with van der Waals surface area (Å²) in [5.41, 5.74) is 14.0. The monoisotopic (exact) mass is 246 g/mol. The van der Waals surface area contributed by atoms with Crippen LogP contribution in [0.1, 0.15) is 5.56 Å². The number of nitrogens with one attached hydrogen (secondary N) is 1. The van der Waals surface area contributed by atoms with E-state index in [1.807, 2.05) is 6.07 Å². The maximum atomic E-state index is 5.97. The van der Waals surface area contributed by atoms with Crippen LogP contribution < -0.4 is 16.9 Å². The molecule has 0 heterocycles. The minimum Gasteiger partial charge on any atom is -0.369 e. The minimum absolute atomic E-state index is 0.0113. The number of hydrogen-bond acceptors (Lipinski definition) is 2. The van der Waals surface area contributed by atoms with E-state index in [0.29, 0.717) is 16.6 Å². The summed E-state index contributed by atoms with van der Waals surface area (Å²) in [7, 11) is 0. The molecule has 0 saturated carbocycles. The van der Waals surface area contributed by atoms with Crippen molar-refractivity contribution in [2.75, 3.05) is 6.54 Å². The first-order chi connectivity index (χ1) is 7.09. The van der Waals surface area contributed by atoms with Crippen LogP contribution in [-0.4, -0.2) is 12.5 Å². The molecule has 0 fully saturated rings. The maximum absolute atomic E-state index is 5.97. The Hall–Kier alpha value is -1.13. The topological polar surface area (TPSA) is 76.4 Å². The zero-order chi connectivity index (χ0) is 11.3. The molecule has 0 spiro atoms. The molecule has 1 aromatic rings. The Bertz CT molecular complexity index is 361. The summed E-state index contributed by atoms with van der Waals surface area (Å²) >= 11 is 11.7. The Balaban J connectivity index is 2.47. The van der Waals surface area contributed by atoms with Gasteiger partial charge in [0.25, 0.3) is 0 Å². The molecule has 15 heavy (non-hydrogen) atoms. The van der Waals surface area contributed by atoms with Crippen LogP contribution in [0, 0.1) is 0 Å². The second-order valence-corrected chi connectivity index (χ2v) is 3.77. The summed E-state index contributed by atoms with van der Waals surface area (Å²) in [5.74, 6) is 0.0113. The van der Waals surface area contributed by atoms with Crippen molar-refractivity contribution < 1.29 is 0 Å². The zero-order valence-electron chi connectivity index (χ0n) is 8.00. The highest BCUT2D eigenvalue weighted by Crippen LogP contribution is 2.20. The van der Waals surface area contributed by atoms with Crippen LogP contribution in [0.3, 0.4) is 0 Å². The fourth-order valence-corrected chi connectivity index (χ4v) is 1.57. The Kier molecular flexibility index (Phi) is 4.52. The SMILES string of the molecule is NC(N)=NNCCc1ccc(Cl)cc1Cl. The maximum Gasteiger partial charge on any atom is 0.208 e. The zero-order valence-corrected chi connectivity index (χ0v) is 9.52. The van der Waals surface area contributed by atoms with Gasteiger partial charge in [0, 0.05) is 16.6 Å². The van der Waals surface area contributed by atoms with Crippen LogP contribution in [0.5, 0.6) is 0 Å². The average Bonchev–Trinajstić information content (AvgIpc) is 2.14. The molecule has 0 aliphatic carbocycles. The first-order valence-corrected chi connectivity index (χ1v) is 5.10. The summed E-state index contributed by atoms with van der Waals surface area (Å²) in [5, 5.41) is 4.91. The third-order valence-electron chi connectivity index (χ3n) is 1.73. The van der Waals surface area contributed by atoms with Crippen molar-refractivity contribution in [2.45, 2.75) is 6.42 Å². The van der Waals surface area contributed by atoms with Gasteiger partial charge < -0.3 is 16.9 Å². The lowest BCUT2D eigenvalue weighted by atomic mass is 10.1. The molecule has 0 aromatic heterocycles. The molecule has 1 aromatic carbocycles. The van der Waals surface area contributed by atoms with Crippen LogP contribution >= 0.6 is 23.2 Å². The number of guanidine groups is 1. The van der Waals surface area contributed by atoms with Gasteiger partial charge in [0.1, 0.15) is 0 Å². The normalized spacial score (nSPS) is 9.73. The highest BCUT2D eigenvalue weighted by atomic mass is 35.5. The molecular formula is C9H12Cl2N4. The summed E-state index contributed by atoms with van der Waals surface area (Å²) in [6, 6.07) is 5.38. The standard InChI is InChI=1S/C9H12Cl2N4/c10-7-2-1-6(8(11)5-7)3-4-14-15-9(12)13/h1-2,5,14H,3-4H2,(H4,12,13,15). The van der Waals surface area contributed by atoms with Gasteiger partial charge in [0.15, 0.2) is 0 Å². The molecule has 82 valence electrons. The fourth-order valence-electron chi connectivity index (χ4n) is 1.06. The number of benzene rings is 1. The quantitative estimate of drug-likeness (QED) is 0.325. The second kappa shape index (κ2) is 5.68. The largest absolute Gasteiger partial charge is 0.369 e. The number of nitrogens with zero attached hydrogens (tertiary/aromatic N) is 1. The van der Waals surface area contributed by atoms with Crippen LogP contribution in [-0.2, 0) is 6.42 Å². The van der Waals surface area contributed by atoms with E-state index in [0.717, 1.165) is 12.0 Å². The predicted octanol–water partition coefficient (Wildman–Crippen LogP) is 1.31. The molecule has 0 amide bonds. The van der Waals surface area contributed by atoms with Gasteiger partial charge in [-0.05, 0) is 24.1 Å². The Morgan fingerprint density at radius 3 is 2.67 bits per heavy atom. The molecule has 0 saturated heterocycles. The number of rotatable bonds is 4. The predicted molar refractivity (Wildman–Crippen MR) is 64.0 cm³/mol. The molecule has 6 heteroatoms. The van der Waals surface area contributed by atoms with Crippen molar-refractivity contribution >= 4 is 29.2 Å². The van der Waals surface area contributed by atoms with Crippen molar-refractivity contribution in [1.82, 2.24) is 5.43 Å². The second-order valence-electron chi connectivity index (χ2n) is 2.93. The number of hydrazone groups is 1. The molecule has 0 atom stereocenters. The molecule has 0 radical (unpaired) electrons. The Labute approximate surface area is 98.2 Å². The van der Waals surface area contributed by atoms with Gasteiger partial charge in [-0.1, -0.05) is 29.3 Å². The van der Waals surface area contributed by atoms with Crippen molar-refractivity contribution in [3.63, 3.8) is 0 Å². The van der Waals surface area contributed by atoms with E-state index in [1.54, 1.807) is 12.1 Å². The molecule has 0 aliphatic heterocycles. The Morgan fingerprint density at radius 1 is 1.33 bits per heavy atom. The fraction of sp³-hybridized carbons (Fsp3) is 0.222. The van der Waals surface area contributed by atoms with Crippen molar-refractivity contribution in [1.29, 1.82) is 0 Å². The van der Waals surface area contributed by atoms with E-state index in [9.17, 15) is 0 Å². The third-order valence-corrected chi connectivity index (χ3v) is 2.32. The third kappa shape index (κ3) is 4.27. The van der Waals surface area contributed by atoms with Gasteiger partial charge in [-0.25, -0.2) is 0 Å². The first kappa shape index (κ1) is 11.9. The van der Waals surface area contributed by atoms with E-state index in [4.69, 9.17) is 34.7 Å². The van der Waals surface area contributed by atoms with E-state index in [1.165, 1.54) is 0 Å². The smallest absolute Gasteiger partial charge is 0.208 e. The molecular weight excluding hydrogens is 235 g/mol. The lowest BCUT2D eigenvalue weighted by Crippen LogP contribution is -2.27. The van der Waals surface area contributed by atoms with Crippen LogP contribution in [0.15, 0.2) is 23.3 Å². The summed E-state index contributed by atoms with van der Waals surface area (Å²) in [6.07, 6.45) is 0.729. The van der Waals surface area contributed by atoms with Crippen molar-refractivity contribution in [3.8, 4) is 0 Å². The van der Waals surface area contributed by atoms with E-state index < -0.39 is 0 Å².